The fourth-order valence-electron chi connectivity index (χ4n) is 2.46. The second kappa shape index (κ2) is 3.23. The molecule has 1 heteroatoms. The SMILES string of the molecule is CC1=C(C(C)(C)C)c2ccsc2CC1. The summed E-state index contributed by atoms with van der Waals surface area (Å²) in [6.45, 7) is 9.25. The van der Waals surface area contributed by atoms with Crippen molar-refractivity contribution in [1.82, 2.24) is 0 Å². The summed E-state index contributed by atoms with van der Waals surface area (Å²) in [5, 5.41) is 2.23. The van der Waals surface area contributed by atoms with E-state index in [9.17, 15) is 0 Å². The second-order valence-corrected chi connectivity index (χ2v) is 6.16. The van der Waals surface area contributed by atoms with Crippen molar-refractivity contribution in [3.63, 3.8) is 0 Å². The summed E-state index contributed by atoms with van der Waals surface area (Å²) in [4.78, 5) is 1.58. The maximum Gasteiger partial charge on any atom is 0.0124 e. The number of hydrogen-bond donors (Lipinski definition) is 0. The average Bonchev–Trinajstić information content (AvgIpc) is 2.48. The number of fused-ring (bicyclic) bond motifs is 1. The van der Waals surface area contributed by atoms with Crippen LogP contribution in [0.25, 0.3) is 5.57 Å². The maximum absolute atomic E-state index is 2.32. The van der Waals surface area contributed by atoms with Gasteiger partial charge in [-0.2, -0.15) is 0 Å². The number of rotatable bonds is 0. The lowest BCUT2D eigenvalue weighted by atomic mass is 9.76. The summed E-state index contributed by atoms with van der Waals surface area (Å²) in [6.07, 6.45) is 2.50. The van der Waals surface area contributed by atoms with Crippen LogP contribution in [0.1, 0.15) is 44.6 Å². The Morgan fingerprint density at radius 1 is 1.21 bits per heavy atom. The zero-order valence-corrected chi connectivity index (χ0v) is 10.3. The van der Waals surface area contributed by atoms with Crippen molar-refractivity contribution in [2.75, 3.05) is 0 Å². The van der Waals surface area contributed by atoms with E-state index in [0.29, 0.717) is 5.41 Å². The number of aryl methyl sites for hydroxylation is 1. The lowest BCUT2D eigenvalue weighted by Gasteiger charge is -2.29. The molecule has 1 aliphatic carbocycles. The monoisotopic (exact) mass is 206 g/mol. The van der Waals surface area contributed by atoms with E-state index in [4.69, 9.17) is 0 Å². The summed E-state index contributed by atoms with van der Waals surface area (Å²) in [5.74, 6) is 0. The Kier molecular flexibility index (Phi) is 2.30. The van der Waals surface area contributed by atoms with E-state index >= 15 is 0 Å². The van der Waals surface area contributed by atoms with E-state index in [0.717, 1.165) is 0 Å². The maximum atomic E-state index is 2.32. The van der Waals surface area contributed by atoms with Crippen molar-refractivity contribution >= 4 is 16.9 Å². The number of hydrogen-bond acceptors (Lipinski definition) is 1. The molecule has 0 atom stereocenters. The molecule has 0 fully saturated rings. The molecule has 0 aromatic carbocycles. The Hall–Kier alpha value is -0.560. The minimum Gasteiger partial charge on any atom is -0.148 e. The molecular weight excluding hydrogens is 188 g/mol. The van der Waals surface area contributed by atoms with Gasteiger partial charge in [0, 0.05) is 4.88 Å². The number of thiophene rings is 1. The first-order valence-electron chi connectivity index (χ1n) is 5.27. The zero-order chi connectivity index (χ0) is 10.3. The van der Waals surface area contributed by atoms with Gasteiger partial charge >= 0.3 is 0 Å². The van der Waals surface area contributed by atoms with Gasteiger partial charge in [-0.15, -0.1) is 11.3 Å². The van der Waals surface area contributed by atoms with E-state index in [1.165, 1.54) is 18.4 Å². The van der Waals surface area contributed by atoms with Crippen LogP contribution in [0.2, 0.25) is 0 Å². The molecule has 0 spiro atoms. The van der Waals surface area contributed by atoms with E-state index in [1.807, 2.05) is 11.3 Å². The molecule has 76 valence electrons. The Balaban J connectivity index is 2.57. The van der Waals surface area contributed by atoms with E-state index < -0.39 is 0 Å². The van der Waals surface area contributed by atoms with Crippen molar-refractivity contribution in [3.8, 4) is 0 Å². The van der Waals surface area contributed by atoms with Gasteiger partial charge in [0.15, 0.2) is 0 Å². The molecule has 0 radical (unpaired) electrons. The van der Waals surface area contributed by atoms with Gasteiger partial charge in [0.05, 0.1) is 0 Å². The quantitative estimate of drug-likeness (QED) is 0.585. The van der Waals surface area contributed by atoms with E-state index in [1.54, 1.807) is 16.0 Å². The predicted molar refractivity (Wildman–Crippen MR) is 64.7 cm³/mol. The number of allylic oxidation sites excluding steroid dienone is 2. The summed E-state index contributed by atoms with van der Waals surface area (Å²) >= 11 is 1.91. The van der Waals surface area contributed by atoms with E-state index in [2.05, 4.69) is 39.1 Å². The molecule has 1 aromatic rings. The molecule has 0 N–H and O–H groups in total. The van der Waals surface area contributed by atoms with Crippen molar-refractivity contribution in [1.29, 1.82) is 0 Å². The van der Waals surface area contributed by atoms with Crippen LogP contribution in [0.4, 0.5) is 0 Å². The van der Waals surface area contributed by atoms with Crippen LogP contribution in [0, 0.1) is 5.41 Å². The summed E-state index contributed by atoms with van der Waals surface area (Å²) in [7, 11) is 0. The normalized spacial score (nSPS) is 17.1. The third kappa shape index (κ3) is 1.54. The molecule has 0 aliphatic heterocycles. The molecular formula is C13H18S. The van der Waals surface area contributed by atoms with Crippen LogP contribution in [-0.2, 0) is 6.42 Å². The third-order valence-corrected chi connectivity index (χ3v) is 3.90. The smallest absolute Gasteiger partial charge is 0.0124 e. The van der Waals surface area contributed by atoms with Crippen LogP contribution < -0.4 is 0 Å². The minimum atomic E-state index is 0.292. The summed E-state index contributed by atoms with van der Waals surface area (Å²) in [6, 6.07) is 2.29. The zero-order valence-electron chi connectivity index (χ0n) is 9.48. The van der Waals surface area contributed by atoms with Crippen molar-refractivity contribution < 1.29 is 0 Å². The highest BCUT2D eigenvalue weighted by Gasteiger charge is 2.26. The molecule has 1 aromatic heterocycles. The molecule has 0 bridgehead atoms. The van der Waals surface area contributed by atoms with Gasteiger partial charge in [-0.1, -0.05) is 26.3 Å². The first kappa shape index (κ1) is 9.97. The molecule has 0 saturated carbocycles. The topological polar surface area (TPSA) is 0 Å². The lowest BCUT2D eigenvalue weighted by Crippen LogP contribution is -2.14. The van der Waals surface area contributed by atoms with Crippen LogP contribution in [0.15, 0.2) is 17.0 Å². The first-order chi connectivity index (χ1) is 6.50. The van der Waals surface area contributed by atoms with Gasteiger partial charge in [-0.05, 0) is 47.8 Å². The van der Waals surface area contributed by atoms with Gasteiger partial charge in [-0.3, -0.25) is 0 Å². The molecule has 14 heavy (non-hydrogen) atoms. The van der Waals surface area contributed by atoms with Gasteiger partial charge in [0.2, 0.25) is 0 Å². The summed E-state index contributed by atoms with van der Waals surface area (Å²) < 4.78 is 0. The van der Waals surface area contributed by atoms with Gasteiger partial charge in [-0.25, -0.2) is 0 Å². The Morgan fingerprint density at radius 2 is 1.93 bits per heavy atom. The van der Waals surface area contributed by atoms with Crippen molar-refractivity contribution in [2.45, 2.75) is 40.5 Å². The fraction of sp³-hybridized carbons (Fsp3) is 0.538. The van der Waals surface area contributed by atoms with Gasteiger partial charge in [0.1, 0.15) is 0 Å². The van der Waals surface area contributed by atoms with Gasteiger partial charge < -0.3 is 0 Å². The second-order valence-electron chi connectivity index (χ2n) is 5.16. The minimum absolute atomic E-state index is 0.292. The Morgan fingerprint density at radius 3 is 2.57 bits per heavy atom. The average molecular weight is 206 g/mol. The highest BCUT2D eigenvalue weighted by atomic mass is 32.1. The van der Waals surface area contributed by atoms with Gasteiger partial charge in [0.25, 0.3) is 0 Å². The van der Waals surface area contributed by atoms with Crippen LogP contribution in [0.5, 0.6) is 0 Å². The predicted octanol–water partition coefficient (Wildman–Crippen LogP) is 4.51. The fourth-order valence-corrected chi connectivity index (χ4v) is 3.34. The van der Waals surface area contributed by atoms with Crippen molar-refractivity contribution in [2.24, 2.45) is 5.41 Å². The summed E-state index contributed by atoms with van der Waals surface area (Å²) in [5.41, 5.74) is 4.98. The molecule has 1 aliphatic rings. The standard InChI is InChI=1S/C13H18S/c1-9-5-6-11-10(7-8-14-11)12(9)13(2,3)4/h7-8H,5-6H2,1-4H3. The first-order valence-corrected chi connectivity index (χ1v) is 6.15. The highest BCUT2D eigenvalue weighted by Crippen LogP contribution is 2.43. The highest BCUT2D eigenvalue weighted by molar-refractivity contribution is 7.10. The molecule has 0 amide bonds. The molecule has 1 heterocycles. The molecule has 0 saturated heterocycles. The van der Waals surface area contributed by atoms with Crippen LogP contribution in [0.3, 0.4) is 0 Å². The Labute approximate surface area is 90.7 Å². The van der Waals surface area contributed by atoms with Crippen LogP contribution in [-0.4, -0.2) is 0 Å². The lowest BCUT2D eigenvalue weighted by molar-refractivity contribution is 0.558. The molecule has 0 nitrogen and oxygen atoms in total. The largest absolute Gasteiger partial charge is 0.148 e. The van der Waals surface area contributed by atoms with Crippen molar-refractivity contribution in [3.05, 3.63) is 27.5 Å². The molecule has 0 unspecified atom stereocenters. The third-order valence-electron chi connectivity index (χ3n) is 2.92. The van der Waals surface area contributed by atoms with E-state index in [-0.39, 0.29) is 0 Å². The van der Waals surface area contributed by atoms with Crippen LogP contribution >= 0.6 is 11.3 Å². The molecule has 2 rings (SSSR count). The Bertz CT molecular complexity index is 374.